The van der Waals surface area contributed by atoms with Crippen LogP contribution in [0, 0.1) is 29.4 Å². The molecule has 4 rings (SSSR count). The molecule has 5 nitrogen and oxygen atoms in total. The monoisotopic (exact) mass is 465 g/mol. The van der Waals surface area contributed by atoms with Crippen molar-refractivity contribution >= 4 is 11.9 Å². The standard InChI is InChI=1S/C27H29F2N3O2/c1-2-3-13-32-25(33)27(30-26(32)34,12-9-20-7-5-4-6-8-20)22-10-14-31(15-11-22)19-21-16-23(28)18-24(29)17-21/h4-8,16-18,22H,9-15,19H2,1H3,(H,30,34). The maximum Gasteiger partial charge on any atom is 0.325 e. The molecule has 178 valence electrons. The van der Waals surface area contributed by atoms with Crippen LogP contribution in [0.1, 0.15) is 37.3 Å². The van der Waals surface area contributed by atoms with Gasteiger partial charge in [-0.15, -0.1) is 5.92 Å². The molecule has 2 saturated heterocycles. The topological polar surface area (TPSA) is 52.7 Å². The normalized spacial score (nSPS) is 21.3. The molecule has 2 heterocycles. The molecule has 1 unspecified atom stereocenters. The first-order chi connectivity index (χ1) is 16.4. The minimum absolute atomic E-state index is 0.0345. The van der Waals surface area contributed by atoms with Crippen LogP contribution in [-0.2, 0) is 17.8 Å². The van der Waals surface area contributed by atoms with Crippen molar-refractivity contribution in [3.63, 3.8) is 0 Å². The van der Waals surface area contributed by atoms with Crippen molar-refractivity contribution in [1.82, 2.24) is 15.1 Å². The lowest BCUT2D eigenvalue weighted by Gasteiger charge is -2.41. The Kier molecular flexibility index (Phi) is 7.28. The number of imide groups is 1. The van der Waals surface area contributed by atoms with E-state index in [4.69, 9.17) is 0 Å². The fourth-order valence-electron chi connectivity index (χ4n) is 5.13. The van der Waals surface area contributed by atoms with Gasteiger partial charge in [0.25, 0.3) is 5.91 Å². The first-order valence-electron chi connectivity index (χ1n) is 11.7. The fraction of sp³-hybridized carbons (Fsp3) is 0.407. The Morgan fingerprint density at radius 1 is 1.03 bits per heavy atom. The summed E-state index contributed by atoms with van der Waals surface area (Å²) in [5, 5.41) is 3.05. The van der Waals surface area contributed by atoms with E-state index in [0.29, 0.717) is 50.9 Å². The lowest BCUT2D eigenvalue weighted by molar-refractivity contribution is -0.134. The third-order valence-electron chi connectivity index (χ3n) is 6.88. The molecule has 1 N–H and O–H groups in total. The Bertz CT molecular complexity index is 1080. The summed E-state index contributed by atoms with van der Waals surface area (Å²) < 4.78 is 27.2. The van der Waals surface area contributed by atoms with Crippen molar-refractivity contribution in [3.05, 3.63) is 71.3 Å². The predicted octanol–water partition coefficient (Wildman–Crippen LogP) is 4.12. The average Bonchev–Trinajstić information content (AvgIpc) is 3.06. The number of piperidine rings is 1. The van der Waals surface area contributed by atoms with E-state index in [1.54, 1.807) is 6.92 Å². The van der Waals surface area contributed by atoms with Crippen LogP contribution >= 0.6 is 0 Å². The Morgan fingerprint density at radius 3 is 2.35 bits per heavy atom. The highest BCUT2D eigenvalue weighted by molar-refractivity contribution is 6.07. The molecule has 0 aromatic heterocycles. The number of hydrogen-bond donors (Lipinski definition) is 1. The molecule has 0 aliphatic carbocycles. The molecule has 2 aliphatic rings. The number of halogens is 2. The second-order valence-corrected chi connectivity index (χ2v) is 9.03. The number of likely N-dealkylation sites (tertiary alicyclic amines) is 1. The van der Waals surface area contributed by atoms with Gasteiger partial charge in [0.1, 0.15) is 17.2 Å². The lowest BCUT2D eigenvalue weighted by Crippen LogP contribution is -2.56. The predicted molar refractivity (Wildman–Crippen MR) is 126 cm³/mol. The van der Waals surface area contributed by atoms with E-state index in [1.165, 1.54) is 17.0 Å². The zero-order chi connectivity index (χ0) is 24.1. The molecule has 0 bridgehead atoms. The number of carbonyl (C=O) groups excluding carboxylic acids is 2. The number of nitrogens with zero attached hydrogens (tertiary/aromatic N) is 2. The minimum atomic E-state index is -0.973. The molecule has 34 heavy (non-hydrogen) atoms. The summed E-state index contributed by atoms with van der Waals surface area (Å²) in [5.41, 5.74) is 0.727. The van der Waals surface area contributed by atoms with Crippen LogP contribution in [0.5, 0.6) is 0 Å². The number of benzene rings is 2. The summed E-state index contributed by atoms with van der Waals surface area (Å²) in [6.07, 6.45) is 2.58. The molecule has 7 heteroatoms. The van der Waals surface area contributed by atoms with E-state index in [0.717, 1.165) is 11.6 Å². The molecule has 3 amide bonds. The van der Waals surface area contributed by atoms with Crippen LogP contribution in [0.25, 0.3) is 0 Å². The van der Waals surface area contributed by atoms with E-state index in [-0.39, 0.29) is 18.4 Å². The van der Waals surface area contributed by atoms with Gasteiger partial charge in [0, 0.05) is 12.6 Å². The fourth-order valence-corrected chi connectivity index (χ4v) is 5.13. The third-order valence-corrected chi connectivity index (χ3v) is 6.88. The van der Waals surface area contributed by atoms with Crippen LogP contribution in [0.2, 0.25) is 0 Å². The summed E-state index contributed by atoms with van der Waals surface area (Å²) in [6.45, 7) is 3.55. The molecule has 2 aromatic rings. The number of amides is 3. The molecule has 1 atom stereocenters. The number of aryl methyl sites for hydroxylation is 1. The van der Waals surface area contributed by atoms with Gasteiger partial charge in [-0.1, -0.05) is 36.3 Å². The molecule has 2 aliphatic heterocycles. The van der Waals surface area contributed by atoms with Gasteiger partial charge in [-0.05, 0) is 74.9 Å². The number of hydrogen-bond acceptors (Lipinski definition) is 3. The molecule has 2 aromatic carbocycles. The Hall–Kier alpha value is -3.24. The van der Waals surface area contributed by atoms with Crippen molar-refractivity contribution in [2.45, 2.75) is 44.7 Å². The van der Waals surface area contributed by atoms with E-state index >= 15 is 0 Å². The Balaban J connectivity index is 1.49. The Morgan fingerprint density at radius 2 is 1.71 bits per heavy atom. The van der Waals surface area contributed by atoms with Crippen molar-refractivity contribution in [3.8, 4) is 11.8 Å². The molecule has 0 saturated carbocycles. The van der Waals surface area contributed by atoms with Gasteiger partial charge in [0.05, 0.1) is 6.54 Å². The highest BCUT2D eigenvalue weighted by Crippen LogP contribution is 2.37. The average molecular weight is 466 g/mol. The number of nitrogens with one attached hydrogen (secondary N) is 1. The summed E-state index contributed by atoms with van der Waals surface area (Å²) in [7, 11) is 0. The maximum atomic E-state index is 13.6. The number of rotatable bonds is 7. The number of urea groups is 1. The third kappa shape index (κ3) is 5.13. The lowest BCUT2D eigenvalue weighted by atomic mass is 9.74. The maximum absolute atomic E-state index is 13.6. The van der Waals surface area contributed by atoms with Gasteiger partial charge in [-0.3, -0.25) is 14.6 Å². The van der Waals surface area contributed by atoms with Crippen LogP contribution in [0.15, 0.2) is 48.5 Å². The van der Waals surface area contributed by atoms with E-state index in [1.807, 2.05) is 30.3 Å². The SMILES string of the molecule is CC#CCN1C(=O)NC(CCc2ccccc2)(C2CCN(Cc3cc(F)cc(F)c3)CC2)C1=O. The van der Waals surface area contributed by atoms with Crippen molar-refractivity contribution in [1.29, 1.82) is 0 Å². The zero-order valence-electron chi connectivity index (χ0n) is 19.3. The first-order valence-corrected chi connectivity index (χ1v) is 11.7. The van der Waals surface area contributed by atoms with Gasteiger partial charge in [-0.2, -0.15) is 0 Å². The largest absolute Gasteiger partial charge is 0.325 e. The highest BCUT2D eigenvalue weighted by atomic mass is 19.1. The van der Waals surface area contributed by atoms with E-state index in [9.17, 15) is 18.4 Å². The van der Waals surface area contributed by atoms with E-state index in [2.05, 4.69) is 22.1 Å². The highest BCUT2D eigenvalue weighted by Gasteiger charge is 2.55. The van der Waals surface area contributed by atoms with Gasteiger partial charge in [0.2, 0.25) is 0 Å². The summed E-state index contributed by atoms with van der Waals surface area (Å²) in [4.78, 5) is 29.7. The molecular weight excluding hydrogens is 436 g/mol. The molecule has 2 fully saturated rings. The summed E-state index contributed by atoms with van der Waals surface area (Å²) in [5.74, 6) is 4.18. The number of carbonyl (C=O) groups is 2. The second-order valence-electron chi connectivity index (χ2n) is 9.03. The van der Waals surface area contributed by atoms with Crippen LogP contribution in [0.4, 0.5) is 13.6 Å². The van der Waals surface area contributed by atoms with Crippen molar-refractivity contribution < 1.29 is 18.4 Å². The molecule has 0 radical (unpaired) electrons. The van der Waals surface area contributed by atoms with Crippen LogP contribution in [0.3, 0.4) is 0 Å². The van der Waals surface area contributed by atoms with Crippen molar-refractivity contribution in [2.24, 2.45) is 5.92 Å². The van der Waals surface area contributed by atoms with Crippen molar-refractivity contribution in [2.75, 3.05) is 19.6 Å². The van der Waals surface area contributed by atoms with Crippen LogP contribution in [-0.4, -0.2) is 46.9 Å². The zero-order valence-corrected chi connectivity index (χ0v) is 19.3. The summed E-state index contributed by atoms with van der Waals surface area (Å²) >= 11 is 0. The van der Waals surface area contributed by atoms with Gasteiger partial charge < -0.3 is 5.32 Å². The first kappa shape index (κ1) is 23.9. The quantitative estimate of drug-likeness (QED) is 0.494. The van der Waals surface area contributed by atoms with Gasteiger partial charge in [0.15, 0.2) is 0 Å². The van der Waals surface area contributed by atoms with Crippen LogP contribution < -0.4 is 5.32 Å². The molecule has 0 spiro atoms. The smallest absolute Gasteiger partial charge is 0.323 e. The second kappa shape index (κ2) is 10.4. The molecular formula is C27H29F2N3O2. The Labute approximate surface area is 199 Å². The van der Waals surface area contributed by atoms with Gasteiger partial charge >= 0.3 is 6.03 Å². The van der Waals surface area contributed by atoms with E-state index < -0.39 is 23.2 Å². The minimum Gasteiger partial charge on any atom is -0.323 e. The summed E-state index contributed by atoms with van der Waals surface area (Å²) in [6, 6.07) is 13.1. The van der Waals surface area contributed by atoms with Gasteiger partial charge in [-0.25, -0.2) is 13.6 Å².